The van der Waals surface area contributed by atoms with Crippen LogP contribution in [0.4, 0.5) is 14.6 Å². The van der Waals surface area contributed by atoms with Gasteiger partial charge in [0.2, 0.25) is 0 Å². The van der Waals surface area contributed by atoms with Gasteiger partial charge < -0.3 is 10.0 Å². The number of aliphatic hydroxyl groups excluding tert-OH is 1. The minimum Gasteiger partial charge on any atom is -0.395 e. The fourth-order valence-corrected chi connectivity index (χ4v) is 1.88. The molecule has 1 aromatic heterocycles. The zero-order chi connectivity index (χ0) is 13.1. The van der Waals surface area contributed by atoms with Crippen molar-refractivity contribution >= 4 is 17.4 Å². The summed E-state index contributed by atoms with van der Waals surface area (Å²) in [7, 11) is 0. The molecule has 100 valence electrons. The third-order valence-corrected chi connectivity index (χ3v) is 2.89. The van der Waals surface area contributed by atoms with E-state index in [0.29, 0.717) is 17.6 Å². The maximum absolute atomic E-state index is 12.5. The predicted octanol–water partition coefficient (Wildman–Crippen LogP) is 2.07. The first kappa shape index (κ1) is 13.4. The zero-order valence-corrected chi connectivity index (χ0v) is 10.4. The fourth-order valence-electron chi connectivity index (χ4n) is 1.70. The van der Waals surface area contributed by atoms with Crippen LogP contribution < -0.4 is 4.90 Å². The van der Waals surface area contributed by atoms with E-state index < -0.39 is 13.0 Å². The second-order valence-electron chi connectivity index (χ2n) is 4.24. The fraction of sp³-hybridized carbons (Fsp3) is 0.636. The maximum Gasteiger partial charge on any atom is 0.255 e. The first-order valence-electron chi connectivity index (χ1n) is 5.78. The number of halogens is 3. The summed E-state index contributed by atoms with van der Waals surface area (Å²) >= 11 is 5.87. The molecule has 0 aromatic carbocycles. The minimum absolute atomic E-state index is 0.0990. The SMILES string of the molecule is OCCN(CC(F)F)c1cc(Cl)nc(C2CC2)n1. The van der Waals surface area contributed by atoms with Crippen LogP contribution in [-0.4, -0.2) is 41.2 Å². The lowest BCUT2D eigenvalue weighted by molar-refractivity contribution is 0.152. The van der Waals surface area contributed by atoms with Crippen LogP contribution in [0, 0.1) is 0 Å². The van der Waals surface area contributed by atoms with Crippen molar-refractivity contribution in [2.75, 3.05) is 24.6 Å². The predicted molar refractivity (Wildman–Crippen MR) is 64.3 cm³/mol. The molecule has 4 nitrogen and oxygen atoms in total. The second-order valence-corrected chi connectivity index (χ2v) is 4.63. The number of hydrogen-bond acceptors (Lipinski definition) is 4. The molecular formula is C11H14ClF2N3O. The van der Waals surface area contributed by atoms with Crippen LogP contribution in [0.15, 0.2) is 6.07 Å². The van der Waals surface area contributed by atoms with Crippen molar-refractivity contribution in [2.45, 2.75) is 25.2 Å². The number of anilines is 1. The summed E-state index contributed by atoms with van der Waals surface area (Å²) < 4.78 is 24.9. The van der Waals surface area contributed by atoms with Gasteiger partial charge in [-0.2, -0.15) is 0 Å². The molecule has 0 radical (unpaired) electrons. The average molecular weight is 278 g/mol. The van der Waals surface area contributed by atoms with Gasteiger partial charge in [-0.3, -0.25) is 0 Å². The molecule has 1 aromatic rings. The van der Waals surface area contributed by atoms with Crippen molar-refractivity contribution in [1.82, 2.24) is 9.97 Å². The van der Waals surface area contributed by atoms with Gasteiger partial charge in [-0.25, -0.2) is 18.7 Å². The van der Waals surface area contributed by atoms with E-state index in [0.717, 1.165) is 12.8 Å². The van der Waals surface area contributed by atoms with Gasteiger partial charge in [0.1, 0.15) is 16.8 Å². The van der Waals surface area contributed by atoms with Gasteiger partial charge in [0.15, 0.2) is 0 Å². The number of aliphatic hydroxyl groups is 1. The highest BCUT2D eigenvalue weighted by Crippen LogP contribution is 2.39. The number of alkyl halides is 2. The van der Waals surface area contributed by atoms with Gasteiger partial charge in [0, 0.05) is 18.5 Å². The molecule has 1 aliphatic carbocycles. The Kier molecular flexibility index (Phi) is 4.29. The first-order valence-corrected chi connectivity index (χ1v) is 6.16. The number of aromatic nitrogens is 2. The van der Waals surface area contributed by atoms with E-state index in [2.05, 4.69) is 9.97 Å². The summed E-state index contributed by atoms with van der Waals surface area (Å²) in [6.45, 7) is -0.590. The molecule has 18 heavy (non-hydrogen) atoms. The molecule has 0 spiro atoms. The summed E-state index contributed by atoms with van der Waals surface area (Å²) in [6.07, 6.45) is -0.474. The Balaban J connectivity index is 2.21. The zero-order valence-electron chi connectivity index (χ0n) is 9.69. The largest absolute Gasteiger partial charge is 0.395 e. The van der Waals surface area contributed by atoms with Crippen molar-refractivity contribution in [3.05, 3.63) is 17.0 Å². The highest BCUT2D eigenvalue weighted by molar-refractivity contribution is 6.29. The van der Waals surface area contributed by atoms with E-state index in [1.807, 2.05) is 0 Å². The number of rotatable bonds is 6. The van der Waals surface area contributed by atoms with Crippen LogP contribution in [-0.2, 0) is 0 Å². The molecule has 1 saturated carbocycles. The topological polar surface area (TPSA) is 49.2 Å². The van der Waals surface area contributed by atoms with Crippen molar-refractivity contribution in [3.63, 3.8) is 0 Å². The Morgan fingerprint density at radius 2 is 2.17 bits per heavy atom. The van der Waals surface area contributed by atoms with Crippen molar-refractivity contribution < 1.29 is 13.9 Å². The molecule has 0 atom stereocenters. The lowest BCUT2D eigenvalue weighted by Crippen LogP contribution is -2.32. The molecule has 2 rings (SSSR count). The van der Waals surface area contributed by atoms with E-state index in [1.54, 1.807) is 0 Å². The highest BCUT2D eigenvalue weighted by Gasteiger charge is 2.28. The lowest BCUT2D eigenvalue weighted by atomic mass is 10.3. The number of nitrogens with zero attached hydrogens (tertiary/aromatic N) is 3. The van der Waals surface area contributed by atoms with Crippen LogP contribution >= 0.6 is 11.6 Å². The molecule has 0 aliphatic heterocycles. The smallest absolute Gasteiger partial charge is 0.255 e. The summed E-state index contributed by atoms with van der Waals surface area (Å²) in [5, 5.41) is 9.16. The van der Waals surface area contributed by atoms with Crippen molar-refractivity contribution in [2.24, 2.45) is 0 Å². The molecule has 0 bridgehead atoms. The Bertz CT molecular complexity index is 415. The standard InChI is InChI=1S/C11H14ClF2N3O/c12-8-5-10(16-11(15-8)7-1-2-7)17(3-4-18)6-9(13)14/h5,7,9,18H,1-4,6H2. The lowest BCUT2D eigenvalue weighted by Gasteiger charge is -2.22. The summed E-state index contributed by atoms with van der Waals surface area (Å²) in [6, 6.07) is 1.45. The van der Waals surface area contributed by atoms with Gasteiger partial charge in [0.05, 0.1) is 13.2 Å². The third-order valence-electron chi connectivity index (χ3n) is 2.69. The quantitative estimate of drug-likeness (QED) is 0.809. The molecule has 1 fully saturated rings. The molecular weight excluding hydrogens is 264 g/mol. The molecule has 7 heteroatoms. The normalized spacial score (nSPS) is 15.2. The van der Waals surface area contributed by atoms with Crippen molar-refractivity contribution in [3.8, 4) is 0 Å². The second kappa shape index (κ2) is 5.75. The Hall–Kier alpha value is -1.01. The molecule has 1 aliphatic rings. The van der Waals surface area contributed by atoms with Gasteiger partial charge in [-0.05, 0) is 12.8 Å². The van der Waals surface area contributed by atoms with E-state index in [9.17, 15) is 8.78 Å². The molecule has 0 amide bonds. The van der Waals surface area contributed by atoms with Gasteiger partial charge in [-0.15, -0.1) is 0 Å². The molecule has 1 heterocycles. The van der Waals surface area contributed by atoms with Crippen LogP contribution in [0.2, 0.25) is 5.15 Å². The van der Waals surface area contributed by atoms with Gasteiger partial charge >= 0.3 is 0 Å². The van der Waals surface area contributed by atoms with E-state index >= 15 is 0 Å². The van der Waals surface area contributed by atoms with E-state index in [4.69, 9.17) is 16.7 Å². The van der Waals surface area contributed by atoms with E-state index in [1.165, 1.54) is 11.0 Å². The highest BCUT2D eigenvalue weighted by atomic mass is 35.5. The van der Waals surface area contributed by atoms with Gasteiger partial charge in [-0.1, -0.05) is 11.6 Å². The summed E-state index contributed by atoms with van der Waals surface area (Å²) in [5.41, 5.74) is 0. The number of hydrogen-bond donors (Lipinski definition) is 1. The van der Waals surface area contributed by atoms with Gasteiger partial charge in [0.25, 0.3) is 6.43 Å². The van der Waals surface area contributed by atoms with E-state index in [-0.39, 0.29) is 18.3 Å². The first-order chi connectivity index (χ1) is 8.60. The maximum atomic E-state index is 12.5. The van der Waals surface area contributed by atoms with Crippen LogP contribution in [0.1, 0.15) is 24.6 Å². The monoisotopic (exact) mass is 277 g/mol. The summed E-state index contributed by atoms with van der Waals surface area (Å²) in [4.78, 5) is 9.67. The Morgan fingerprint density at radius 3 is 2.72 bits per heavy atom. The molecule has 1 N–H and O–H groups in total. The van der Waals surface area contributed by atoms with Crippen LogP contribution in [0.3, 0.4) is 0 Å². The molecule has 0 unspecified atom stereocenters. The Morgan fingerprint density at radius 1 is 1.44 bits per heavy atom. The molecule has 0 saturated heterocycles. The van der Waals surface area contributed by atoms with Crippen LogP contribution in [0.5, 0.6) is 0 Å². The third kappa shape index (κ3) is 3.49. The van der Waals surface area contributed by atoms with Crippen molar-refractivity contribution in [1.29, 1.82) is 0 Å². The Labute approximate surface area is 109 Å². The van der Waals surface area contributed by atoms with Crippen LogP contribution in [0.25, 0.3) is 0 Å². The summed E-state index contributed by atoms with van der Waals surface area (Å²) in [5.74, 6) is 1.26. The average Bonchev–Trinajstić information content (AvgIpc) is 3.10. The minimum atomic E-state index is -2.49.